The molecule has 0 fully saturated rings. The Bertz CT molecular complexity index is 1230. The SMILES string of the molecule is O=C(OF)C(F)(F)C(F)(F)C(F)(F)C(F)(F)C(F)(F)C(F)(F)C(F)(F)C(F)(F)C(F)(F)C(F)(F)C(F)(F)C(F)(F)C(F)(F)C(F)(F)C(F)F. The van der Waals surface area contributed by atoms with E-state index < -0.39 is 95.3 Å². The minimum absolute atomic E-state index is 1.14. The van der Waals surface area contributed by atoms with Gasteiger partial charge in [0.15, 0.2) is 0 Å². The van der Waals surface area contributed by atoms with Gasteiger partial charge in [-0.15, -0.1) is 0 Å². The second-order valence-corrected chi connectivity index (χ2v) is 8.76. The van der Waals surface area contributed by atoms with Crippen molar-refractivity contribution in [1.29, 1.82) is 0 Å². The maximum atomic E-state index is 13.7. The Morgan fingerprint density at radius 3 is 0.653 bits per heavy atom. The molecule has 0 aliphatic rings. The van der Waals surface area contributed by atoms with Gasteiger partial charge in [0.05, 0.1) is 0 Å². The van der Waals surface area contributed by atoms with Crippen molar-refractivity contribution in [3.05, 3.63) is 0 Å². The predicted octanol–water partition coefficient (Wildman–Crippen LogP) is 9.57. The maximum Gasteiger partial charge on any atom is 0.424 e. The molecular formula is C16HF31O2. The summed E-state index contributed by atoms with van der Waals surface area (Å²) in [4.78, 5) is 11.3. The molecule has 0 aliphatic heterocycles. The van der Waals surface area contributed by atoms with Gasteiger partial charge in [-0.3, -0.25) is 0 Å². The van der Waals surface area contributed by atoms with E-state index in [2.05, 4.69) is 0 Å². The quantitative estimate of drug-likeness (QED) is 0.154. The van der Waals surface area contributed by atoms with Crippen molar-refractivity contribution in [1.82, 2.24) is 0 Å². The number of halogens is 31. The van der Waals surface area contributed by atoms with Gasteiger partial charge in [0.2, 0.25) is 0 Å². The van der Waals surface area contributed by atoms with Gasteiger partial charge in [-0.25, -0.2) is 18.5 Å². The van der Waals surface area contributed by atoms with E-state index in [4.69, 9.17) is 0 Å². The minimum atomic E-state index is -10.1. The lowest BCUT2D eigenvalue weighted by atomic mass is 9.83. The molecule has 49 heavy (non-hydrogen) atoms. The van der Waals surface area contributed by atoms with Gasteiger partial charge in [-0.05, 0) is 0 Å². The standard InChI is InChI=1S/C16HF31O2/c17-1(18)3(19,20)5(23,24)7(27,28)9(31,32)11(35,36)13(39,40)15(43,44)16(45,46)14(41,42)12(37,38)10(33,34)8(29,30)6(25,26)4(21,22)2(48)49-47/h1H. The molecule has 2 nitrogen and oxygen atoms in total. The summed E-state index contributed by atoms with van der Waals surface area (Å²) in [5.41, 5.74) is 0. The summed E-state index contributed by atoms with van der Waals surface area (Å²) in [6, 6.07) is 0. The van der Waals surface area contributed by atoms with Crippen molar-refractivity contribution >= 4 is 5.97 Å². The van der Waals surface area contributed by atoms with E-state index in [-0.39, 0.29) is 0 Å². The summed E-state index contributed by atoms with van der Waals surface area (Å²) in [6.45, 7) is 0. The van der Waals surface area contributed by atoms with Gasteiger partial charge < -0.3 is 0 Å². The molecule has 0 unspecified atom stereocenters. The summed E-state index contributed by atoms with van der Waals surface area (Å²) >= 11 is 0. The molecule has 0 amide bonds. The van der Waals surface area contributed by atoms with Crippen LogP contribution in [0.3, 0.4) is 0 Å². The zero-order valence-corrected chi connectivity index (χ0v) is 20.6. The second kappa shape index (κ2) is 11.4. The van der Waals surface area contributed by atoms with Crippen molar-refractivity contribution in [2.75, 3.05) is 0 Å². The largest absolute Gasteiger partial charge is 0.424 e. The van der Waals surface area contributed by atoms with Gasteiger partial charge in [-0.1, -0.05) is 0 Å². The first kappa shape index (κ1) is 46.3. The smallest absolute Gasteiger partial charge is 0.248 e. The van der Waals surface area contributed by atoms with Crippen LogP contribution in [-0.2, 0) is 9.74 Å². The fourth-order valence-corrected chi connectivity index (χ4v) is 2.69. The highest BCUT2D eigenvalue weighted by atomic mass is 19.4. The first-order chi connectivity index (χ1) is 20.7. The average Bonchev–Trinajstić information content (AvgIpc) is 2.90. The molecule has 0 saturated heterocycles. The van der Waals surface area contributed by atoms with Crippen molar-refractivity contribution in [3.63, 3.8) is 0 Å². The van der Waals surface area contributed by atoms with E-state index in [1.165, 1.54) is 0 Å². The predicted molar refractivity (Wildman–Crippen MR) is 82.5 cm³/mol. The van der Waals surface area contributed by atoms with Crippen LogP contribution in [0.15, 0.2) is 0 Å². The number of alkyl halides is 30. The first-order valence-corrected chi connectivity index (χ1v) is 10.1. The molecule has 0 aliphatic carbocycles. The van der Waals surface area contributed by atoms with Crippen LogP contribution in [0, 0.1) is 0 Å². The van der Waals surface area contributed by atoms with Crippen LogP contribution in [0.2, 0.25) is 0 Å². The Kier molecular flexibility index (Phi) is 10.8. The van der Waals surface area contributed by atoms with Crippen molar-refractivity contribution in [3.8, 4) is 0 Å². The van der Waals surface area contributed by atoms with Crippen LogP contribution < -0.4 is 0 Å². The fourth-order valence-electron chi connectivity index (χ4n) is 2.69. The third kappa shape index (κ3) is 5.16. The summed E-state index contributed by atoms with van der Waals surface area (Å²) in [6.07, 6.45) is -6.46. The minimum Gasteiger partial charge on any atom is -0.248 e. The first-order valence-electron chi connectivity index (χ1n) is 10.1. The third-order valence-electron chi connectivity index (χ3n) is 5.75. The van der Waals surface area contributed by atoms with Gasteiger partial charge in [0, 0.05) is 4.53 Å². The molecule has 0 saturated carbocycles. The number of hydrogen-bond acceptors (Lipinski definition) is 2. The summed E-state index contributed by atoms with van der Waals surface area (Å²) < 4.78 is 411. The molecule has 0 aromatic rings. The molecule has 0 N–H and O–H groups in total. The van der Waals surface area contributed by atoms with Crippen molar-refractivity contribution < 1.29 is 146 Å². The Morgan fingerprint density at radius 2 is 0.490 bits per heavy atom. The zero-order chi connectivity index (χ0) is 40.9. The van der Waals surface area contributed by atoms with Crippen LogP contribution in [-0.4, -0.2) is 95.3 Å². The molecule has 0 aromatic carbocycles. The van der Waals surface area contributed by atoms with Crippen molar-refractivity contribution in [2.45, 2.75) is 89.3 Å². The molecule has 0 radical (unpaired) electrons. The third-order valence-corrected chi connectivity index (χ3v) is 5.75. The Labute approximate surface area is 243 Å². The Balaban J connectivity index is 7.64. The molecule has 0 bridgehead atoms. The highest BCUT2D eigenvalue weighted by Gasteiger charge is 3.01. The molecule has 0 spiro atoms. The molecule has 33 heteroatoms. The van der Waals surface area contributed by atoms with Crippen LogP contribution in [0.5, 0.6) is 0 Å². The van der Waals surface area contributed by atoms with Gasteiger partial charge in [0.1, 0.15) is 0 Å². The van der Waals surface area contributed by atoms with Crippen LogP contribution in [0.4, 0.5) is 136 Å². The number of hydrogen-bond donors (Lipinski definition) is 0. The van der Waals surface area contributed by atoms with E-state index in [0.29, 0.717) is 0 Å². The molecular weight excluding hydrogens is 813 g/mol. The van der Waals surface area contributed by atoms with Crippen LogP contribution in [0.25, 0.3) is 0 Å². The second-order valence-electron chi connectivity index (χ2n) is 8.76. The highest BCUT2D eigenvalue weighted by molar-refractivity contribution is 5.78. The normalized spacial score (nSPS) is 16.7. The molecule has 0 heterocycles. The number of rotatable bonds is 15. The number of carbonyl (C=O) groups is 1. The van der Waals surface area contributed by atoms with E-state index in [1.807, 2.05) is 0 Å². The van der Waals surface area contributed by atoms with E-state index in [0.717, 1.165) is 4.94 Å². The molecule has 294 valence electrons. The Hall–Kier alpha value is -2.70. The van der Waals surface area contributed by atoms with Gasteiger partial charge in [0.25, 0.3) is 0 Å². The summed E-state index contributed by atoms with van der Waals surface area (Å²) in [5.74, 6) is -137. The van der Waals surface area contributed by atoms with Gasteiger partial charge in [-0.2, -0.15) is 123 Å². The number of carbonyl (C=O) groups excluding carboxylic acids is 1. The van der Waals surface area contributed by atoms with Crippen LogP contribution in [0.1, 0.15) is 0 Å². The lowest BCUT2D eigenvalue weighted by molar-refractivity contribution is -0.485. The van der Waals surface area contributed by atoms with E-state index >= 15 is 0 Å². The fraction of sp³-hybridized carbons (Fsp3) is 0.938. The Morgan fingerprint density at radius 1 is 0.327 bits per heavy atom. The van der Waals surface area contributed by atoms with E-state index in [1.54, 1.807) is 0 Å². The lowest BCUT2D eigenvalue weighted by Gasteiger charge is -2.46. The molecule has 0 atom stereocenters. The topological polar surface area (TPSA) is 26.3 Å². The monoisotopic (exact) mass is 814 g/mol. The maximum absolute atomic E-state index is 13.7. The summed E-state index contributed by atoms with van der Waals surface area (Å²) in [5, 5.41) is 0. The average molecular weight is 814 g/mol. The zero-order valence-electron chi connectivity index (χ0n) is 20.6. The highest BCUT2D eigenvalue weighted by Crippen LogP contribution is 2.69. The summed E-state index contributed by atoms with van der Waals surface area (Å²) in [7, 11) is 0. The van der Waals surface area contributed by atoms with Gasteiger partial charge >= 0.3 is 95.3 Å². The van der Waals surface area contributed by atoms with Crippen molar-refractivity contribution in [2.24, 2.45) is 0 Å². The molecule has 0 rings (SSSR count). The van der Waals surface area contributed by atoms with E-state index in [9.17, 15) is 141 Å². The lowest BCUT2D eigenvalue weighted by Crippen LogP contribution is -2.79. The molecule has 0 aromatic heterocycles. The van der Waals surface area contributed by atoms with Crippen LogP contribution >= 0.6 is 0 Å².